The van der Waals surface area contributed by atoms with E-state index >= 15 is 0 Å². The molecule has 2 aromatic heterocycles. The lowest BCUT2D eigenvalue weighted by atomic mass is 9.92. The summed E-state index contributed by atoms with van der Waals surface area (Å²) in [5, 5.41) is 13.1. The van der Waals surface area contributed by atoms with Gasteiger partial charge in [0, 0.05) is 11.6 Å². The van der Waals surface area contributed by atoms with Crippen LogP contribution in [0.25, 0.3) is 0 Å². The fourth-order valence-corrected chi connectivity index (χ4v) is 1.67. The number of rotatable bonds is 4. The Balaban J connectivity index is 1.96. The van der Waals surface area contributed by atoms with Crippen LogP contribution >= 0.6 is 0 Å². The molecule has 0 aliphatic carbocycles. The van der Waals surface area contributed by atoms with Gasteiger partial charge in [-0.2, -0.15) is 19.0 Å². The summed E-state index contributed by atoms with van der Waals surface area (Å²) in [4.78, 5) is 11.8. The first kappa shape index (κ1) is 15.1. The van der Waals surface area contributed by atoms with Crippen molar-refractivity contribution in [2.45, 2.75) is 39.3 Å². The van der Waals surface area contributed by atoms with Gasteiger partial charge < -0.3 is 5.32 Å². The van der Waals surface area contributed by atoms with E-state index in [9.17, 15) is 13.6 Å². The highest BCUT2D eigenvalue weighted by Crippen LogP contribution is 2.20. The molecule has 2 rings (SSSR count). The maximum absolute atomic E-state index is 12.4. The molecule has 21 heavy (non-hydrogen) atoms. The van der Waals surface area contributed by atoms with Crippen molar-refractivity contribution >= 4 is 5.91 Å². The van der Waals surface area contributed by atoms with Gasteiger partial charge in [0.1, 0.15) is 5.69 Å². The van der Waals surface area contributed by atoms with Gasteiger partial charge in [-0.1, -0.05) is 20.8 Å². The van der Waals surface area contributed by atoms with Gasteiger partial charge in [-0.3, -0.25) is 9.89 Å². The molecule has 0 fully saturated rings. The van der Waals surface area contributed by atoms with Crippen molar-refractivity contribution in [3.63, 3.8) is 0 Å². The Morgan fingerprint density at radius 2 is 2.19 bits per heavy atom. The molecule has 0 spiro atoms. The van der Waals surface area contributed by atoms with Crippen LogP contribution in [0.3, 0.4) is 0 Å². The summed E-state index contributed by atoms with van der Waals surface area (Å²) < 4.78 is 25.2. The number of alkyl halides is 2. The number of carbonyl (C=O) groups excluding carboxylic acids is 1. The molecule has 0 aliphatic rings. The Morgan fingerprint density at radius 1 is 1.48 bits per heavy atom. The van der Waals surface area contributed by atoms with Crippen molar-refractivity contribution in [2.24, 2.45) is 0 Å². The van der Waals surface area contributed by atoms with Crippen molar-refractivity contribution in [3.05, 3.63) is 35.4 Å². The Labute approximate surface area is 120 Å². The minimum Gasteiger partial charge on any atom is -0.345 e. The first-order valence-corrected chi connectivity index (χ1v) is 6.43. The van der Waals surface area contributed by atoms with Gasteiger partial charge in [0.25, 0.3) is 5.91 Å². The minimum absolute atomic E-state index is 0.0501. The van der Waals surface area contributed by atoms with Crippen molar-refractivity contribution in [2.75, 3.05) is 0 Å². The quantitative estimate of drug-likeness (QED) is 0.908. The third-order valence-electron chi connectivity index (χ3n) is 2.88. The van der Waals surface area contributed by atoms with Crippen molar-refractivity contribution < 1.29 is 13.6 Å². The number of hydrogen-bond acceptors (Lipinski definition) is 3. The highest BCUT2D eigenvalue weighted by molar-refractivity contribution is 5.92. The molecule has 0 saturated heterocycles. The van der Waals surface area contributed by atoms with E-state index in [0.29, 0.717) is 4.68 Å². The summed E-state index contributed by atoms with van der Waals surface area (Å²) in [6.45, 7) is 3.56. The van der Waals surface area contributed by atoms with Gasteiger partial charge in [-0.05, 0) is 12.1 Å². The molecule has 0 atom stereocenters. The lowest BCUT2D eigenvalue weighted by molar-refractivity contribution is 0.0560. The third-order valence-corrected chi connectivity index (χ3v) is 2.88. The Kier molecular flexibility index (Phi) is 4.06. The molecule has 1 amide bonds. The van der Waals surface area contributed by atoms with Gasteiger partial charge in [-0.25, -0.2) is 4.68 Å². The fraction of sp³-hybridized carbons (Fsp3) is 0.462. The Hall–Kier alpha value is -2.25. The van der Waals surface area contributed by atoms with E-state index in [1.165, 1.54) is 6.07 Å². The number of hydrogen-bond donors (Lipinski definition) is 2. The maximum atomic E-state index is 12.4. The number of amides is 1. The van der Waals surface area contributed by atoms with Crippen molar-refractivity contribution in [1.82, 2.24) is 25.3 Å². The average Bonchev–Trinajstić information content (AvgIpc) is 3.04. The topological polar surface area (TPSA) is 75.6 Å². The predicted molar refractivity (Wildman–Crippen MR) is 71.9 cm³/mol. The van der Waals surface area contributed by atoms with Gasteiger partial charge in [0.05, 0.1) is 17.9 Å². The molecule has 0 bridgehead atoms. The van der Waals surface area contributed by atoms with E-state index in [2.05, 4.69) is 20.6 Å². The van der Waals surface area contributed by atoms with E-state index in [1.807, 2.05) is 26.8 Å². The predicted octanol–water partition coefficient (Wildman–Crippen LogP) is 2.23. The third kappa shape index (κ3) is 3.65. The summed E-state index contributed by atoms with van der Waals surface area (Å²) in [5.41, 5.74) is 1.48. The van der Waals surface area contributed by atoms with Crippen LogP contribution in [0.2, 0.25) is 0 Å². The molecular formula is C13H17F2N5O. The van der Waals surface area contributed by atoms with Gasteiger partial charge in [0.2, 0.25) is 0 Å². The highest BCUT2D eigenvalue weighted by Gasteiger charge is 2.18. The number of aromatic nitrogens is 4. The average molecular weight is 297 g/mol. The van der Waals surface area contributed by atoms with Crippen LogP contribution in [0.1, 0.15) is 49.2 Å². The molecular weight excluding hydrogens is 280 g/mol. The monoisotopic (exact) mass is 297 g/mol. The fourth-order valence-electron chi connectivity index (χ4n) is 1.67. The van der Waals surface area contributed by atoms with E-state index < -0.39 is 12.5 Å². The van der Waals surface area contributed by atoms with E-state index in [1.54, 1.807) is 0 Å². The van der Waals surface area contributed by atoms with Crippen LogP contribution in [0.5, 0.6) is 0 Å². The van der Waals surface area contributed by atoms with Gasteiger partial charge >= 0.3 is 6.55 Å². The van der Waals surface area contributed by atoms with Crippen LogP contribution in [-0.2, 0) is 12.0 Å². The summed E-state index contributed by atoms with van der Waals surface area (Å²) >= 11 is 0. The number of nitrogens with one attached hydrogen (secondary N) is 2. The standard InChI is InChI=1S/C13H17F2N5O/c1-13(2,3)10-6-8(17-18-10)7-16-11(21)9-4-5-20(19-9)12(14)15/h4-6,12H,7H2,1-3H3,(H,16,21)(H,17,18). The zero-order valence-electron chi connectivity index (χ0n) is 12.0. The molecule has 0 radical (unpaired) electrons. The summed E-state index contributed by atoms with van der Waals surface area (Å²) in [6.07, 6.45) is 1.06. The zero-order valence-corrected chi connectivity index (χ0v) is 12.0. The van der Waals surface area contributed by atoms with Crippen LogP contribution < -0.4 is 5.32 Å². The molecule has 0 saturated carbocycles. The van der Waals surface area contributed by atoms with Crippen LogP contribution in [0.4, 0.5) is 8.78 Å². The molecule has 6 nitrogen and oxygen atoms in total. The molecule has 0 aliphatic heterocycles. The Morgan fingerprint density at radius 3 is 2.71 bits per heavy atom. The largest absolute Gasteiger partial charge is 0.345 e. The molecule has 2 N–H and O–H groups in total. The SMILES string of the molecule is CC(C)(C)c1cc(CNC(=O)c2ccn(C(F)F)n2)[nH]n1. The van der Waals surface area contributed by atoms with E-state index in [4.69, 9.17) is 0 Å². The second-order valence-electron chi connectivity index (χ2n) is 5.67. The minimum atomic E-state index is -2.76. The molecule has 8 heteroatoms. The normalized spacial score (nSPS) is 11.9. The Bertz CT molecular complexity index is 627. The lowest BCUT2D eigenvalue weighted by Crippen LogP contribution is -2.23. The second-order valence-corrected chi connectivity index (χ2v) is 5.67. The molecule has 2 heterocycles. The van der Waals surface area contributed by atoms with Crippen LogP contribution in [0.15, 0.2) is 18.3 Å². The maximum Gasteiger partial charge on any atom is 0.333 e. The summed E-state index contributed by atoms with van der Waals surface area (Å²) in [5.74, 6) is -0.513. The van der Waals surface area contributed by atoms with Crippen molar-refractivity contribution in [1.29, 1.82) is 0 Å². The van der Waals surface area contributed by atoms with Gasteiger partial charge in [0.15, 0.2) is 0 Å². The highest BCUT2D eigenvalue weighted by atomic mass is 19.3. The molecule has 2 aromatic rings. The number of halogens is 2. The molecule has 0 unspecified atom stereocenters. The number of aromatic amines is 1. The number of nitrogens with zero attached hydrogens (tertiary/aromatic N) is 3. The smallest absolute Gasteiger partial charge is 0.333 e. The first-order valence-electron chi connectivity index (χ1n) is 6.43. The first-order chi connectivity index (χ1) is 9.77. The number of carbonyl (C=O) groups is 1. The second kappa shape index (κ2) is 5.63. The van der Waals surface area contributed by atoms with E-state index in [0.717, 1.165) is 17.6 Å². The van der Waals surface area contributed by atoms with E-state index in [-0.39, 0.29) is 17.7 Å². The van der Waals surface area contributed by atoms with Crippen LogP contribution in [0, 0.1) is 0 Å². The van der Waals surface area contributed by atoms with Crippen molar-refractivity contribution in [3.8, 4) is 0 Å². The van der Waals surface area contributed by atoms with Gasteiger partial charge in [-0.15, -0.1) is 0 Å². The summed E-state index contributed by atoms with van der Waals surface area (Å²) in [6, 6.07) is 3.10. The number of H-pyrrole nitrogens is 1. The summed E-state index contributed by atoms with van der Waals surface area (Å²) in [7, 11) is 0. The lowest BCUT2D eigenvalue weighted by Gasteiger charge is -2.13. The molecule has 114 valence electrons. The van der Waals surface area contributed by atoms with Crippen LogP contribution in [-0.4, -0.2) is 25.9 Å². The molecule has 0 aromatic carbocycles. The zero-order chi connectivity index (χ0) is 15.6.